The number of aromatic nitrogens is 4. The number of carbonyl (C=O) groups is 1. The van der Waals surface area contributed by atoms with Crippen molar-refractivity contribution in [3.05, 3.63) is 30.3 Å². The normalized spacial score (nSPS) is 32.4. The summed E-state index contributed by atoms with van der Waals surface area (Å²) in [7, 11) is 0. The Morgan fingerprint density at radius 3 is 2.41 bits per heavy atom. The van der Waals surface area contributed by atoms with Crippen LogP contribution in [0.4, 0.5) is 0 Å². The molecule has 0 radical (unpaired) electrons. The molecule has 4 aliphatic rings. The van der Waals surface area contributed by atoms with Gasteiger partial charge in [-0.2, -0.15) is 4.68 Å². The quantitative estimate of drug-likeness (QED) is 0.803. The number of thioether (sulfide) groups is 1. The fourth-order valence-corrected chi connectivity index (χ4v) is 6.63. The van der Waals surface area contributed by atoms with Crippen molar-refractivity contribution in [2.24, 2.45) is 17.8 Å². The van der Waals surface area contributed by atoms with Gasteiger partial charge >= 0.3 is 0 Å². The molecule has 4 aliphatic carbocycles. The van der Waals surface area contributed by atoms with E-state index in [4.69, 9.17) is 0 Å². The molecule has 1 aromatic heterocycles. The van der Waals surface area contributed by atoms with Crippen molar-refractivity contribution in [2.75, 3.05) is 0 Å². The molecule has 1 aromatic carbocycles. The van der Waals surface area contributed by atoms with Gasteiger partial charge in [0.25, 0.3) is 0 Å². The second-order valence-corrected chi connectivity index (χ2v) is 9.96. The van der Waals surface area contributed by atoms with Crippen LogP contribution in [0.5, 0.6) is 0 Å². The Labute approximate surface area is 163 Å². The second kappa shape index (κ2) is 6.62. The van der Waals surface area contributed by atoms with Gasteiger partial charge in [0.15, 0.2) is 0 Å². The number of rotatable bonds is 5. The molecule has 0 spiro atoms. The highest BCUT2D eigenvalue weighted by atomic mass is 32.2. The molecular weight excluding hydrogens is 358 g/mol. The number of tetrazole rings is 1. The summed E-state index contributed by atoms with van der Waals surface area (Å²) in [5.41, 5.74) is 0.949. The third-order valence-electron chi connectivity index (χ3n) is 6.52. The van der Waals surface area contributed by atoms with Crippen LogP contribution in [0, 0.1) is 17.8 Å². The van der Waals surface area contributed by atoms with Gasteiger partial charge in [-0.3, -0.25) is 4.79 Å². The topological polar surface area (TPSA) is 72.7 Å². The van der Waals surface area contributed by atoms with Crippen LogP contribution >= 0.6 is 11.8 Å². The van der Waals surface area contributed by atoms with E-state index in [0.717, 1.165) is 23.4 Å². The Morgan fingerprint density at radius 1 is 1.15 bits per heavy atom. The van der Waals surface area contributed by atoms with Crippen molar-refractivity contribution in [3.8, 4) is 5.69 Å². The van der Waals surface area contributed by atoms with Gasteiger partial charge in [-0.05, 0) is 85.8 Å². The molecule has 1 unspecified atom stereocenters. The van der Waals surface area contributed by atoms with Gasteiger partial charge in [0.2, 0.25) is 11.1 Å². The highest BCUT2D eigenvalue weighted by molar-refractivity contribution is 8.00. The van der Waals surface area contributed by atoms with Gasteiger partial charge in [0, 0.05) is 5.54 Å². The summed E-state index contributed by atoms with van der Waals surface area (Å²) >= 11 is 1.42. The SMILES string of the molecule is CC(Sc1nnnn1-c1ccccc1)C(=O)NC12CC3CC(CC(C3)C1)C2. The second-order valence-electron chi connectivity index (χ2n) is 8.66. The van der Waals surface area contributed by atoms with Crippen LogP contribution in [0.1, 0.15) is 45.4 Å². The zero-order valence-electron chi connectivity index (χ0n) is 15.5. The molecule has 1 atom stereocenters. The van der Waals surface area contributed by atoms with Crippen LogP contribution in [-0.2, 0) is 4.79 Å². The van der Waals surface area contributed by atoms with E-state index < -0.39 is 0 Å². The minimum atomic E-state index is -0.230. The van der Waals surface area contributed by atoms with E-state index in [2.05, 4.69) is 20.8 Å². The summed E-state index contributed by atoms with van der Waals surface area (Å²) in [6.07, 6.45) is 7.65. The molecule has 1 N–H and O–H groups in total. The molecule has 0 aliphatic heterocycles. The van der Waals surface area contributed by atoms with E-state index in [-0.39, 0.29) is 16.7 Å². The predicted octanol–water partition coefficient (Wildman–Crippen LogP) is 3.23. The van der Waals surface area contributed by atoms with E-state index in [1.165, 1.54) is 50.3 Å². The molecule has 7 heteroatoms. The number of hydrogen-bond donors (Lipinski definition) is 1. The molecular formula is C20H25N5OS. The van der Waals surface area contributed by atoms with Crippen LogP contribution in [0.15, 0.2) is 35.5 Å². The van der Waals surface area contributed by atoms with Crippen LogP contribution in [0.3, 0.4) is 0 Å². The van der Waals surface area contributed by atoms with Crippen LogP contribution in [0.25, 0.3) is 5.69 Å². The number of nitrogens with one attached hydrogen (secondary N) is 1. The van der Waals surface area contributed by atoms with E-state index >= 15 is 0 Å². The number of amides is 1. The number of nitrogens with zero attached hydrogens (tertiary/aromatic N) is 4. The monoisotopic (exact) mass is 383 g/mol. The first-order chi connectivity index (χ1) is 13.1. The average molecular weight is 384 g/mol. The molecule has 2 aromatic rings. The summed E-state index contributed by atoms with van der Waals surface area (Å²) in [5.74, 6) is 2.59. The lowest BCUT2D eigenvalue weighted by Gasteiger charge is -2.57. The number of carbonyl (C=O) groups excluding carboxylic acids is 1. The van der Waals surface area contributed by atoms with Crippen molar-refractivity contribution >= 4 is 17.7 Å². The maximum atomic E-state index is 13.0. The maximum Gasteiger partial charge on any atom is 0.233 e. The highest BCUT2D eigenvalue weighted by Gasteiger charge is 2.51. The lowest BCUT2D eigenvalue weighted by atomic mass is 9.53. The molecule has 4 bridgehead atoms. The maximum absolute atomic E-state index is 13.0. The highest BCUT2D eigenvalue weighted by Crippen LogP contribution is 2.55. The van der Waals surface area contributed by atoms with Gasteiger partial charge < -0.3 is 5.32 Å². The third kappa shape index (κ3) is 3.26. The Hall–Kier alpha value is -1.89. The molecule has 1 heterocycles. The van der Waals surface area contributed by atoms with Crippen molar-refractivity contribution < 1.29 is 4.79 Å². The predicted molar refractivity (Wildman–Crippen MR) is 104 cm³/mol. The molecule has 4 fully saturated rings. The smallest absolute Gasteiger partial charge is 0.233 e. The molecule has 6 rings (SSSR count). The lowest BCUT2D eigenvalue weighted by Crippen LogP contribution is -2.60. The summed E-state index contributed by atoms with van der Waals surface area (Å²) in [6.45, 7) is 1.95. The van der Waals surface area contributed by atoms with E-state index in [0.29, 0.717) is 5.16 Å². The summed E-state index contributed by atoms with van der Waals surface area (Å²) in [4.78, 5) is 13.0. The van der Waals surface area contributed by atoms with Gasteiger partial charge in [0.05, 0.1) is 10.9 Å². The first-order valence-corrected chi connectivity index (χ1v) is 10.8. The van der Waals surface area contributed by atoms with Crippen molar-refractivity contribution in [1.29, 1.82) is 0 Å². The Bertz CT molecular complexity index is 801. The first-order valence-electron chi connectivity index (χ1n) is 9.93. The summed E-state index contributed by atoms with van der Waals surface area (Å²) in [6, 6.07) is 9.78. The van der Waals surface area contributed by atoms with Gasteiger partial charge in [0.1, 0.15) is 0 Å². The molecule has 6 nitrogen and oxygen atoms in total. The number of benzene rings is 1. The van der Waals surface area contributed by atoms with Crippen molar-refractivity contribution in [1.82, 2.24) is 25.5 Å². The molecule has 1 amide bonds. The largest absolute Gasteiger partial charge is 0.350 e. The van der Waals surface area contributed by atoms with E-state index in [1.54, 1.807) is 4.68 Å². The number of hydrogen-bond acceptors (Lipinski definition) is 5. The van der Waals surface area contributed by atoms with Gasteiger partial charge in [-0.1, -0.05) is 30.0 Å². The molecule has 0 saturated heterocycles. The van der Waals surface area contributed by atoms with Crippen molar-refractivity contribution in [2.45, 2.75) is 61.4 Å². The van der Waals surface area contributed by atoms with Crippen molar-refractivity contribution in [3.63, 3.8) is 0 Å². The average Bonchev–Trinajstić information content (AvgIpc) is 3.09. The fourth-order valence-electron chi connectivity index (χ4n) is 5.82. The zero-order chi connectivity index (χ0) is 18.4. The molecule has 142 valence electrons. The standard InChI is InChI=1S/C20H25N5OS/c1-13(27-19-22-23-24-25(19)17-5-3-2-4-6-17)18(26)21-20-10-14-7-15(11-20)9-16(8-14)12-20/h2-6,13-16H,7-12H2,1H3,(H,21,26). The summed E-state index contributed by atoms with van der Waals surface area (Å²) in [5, 5.41) is 15.9. The minimum absolute atomic E-state index is 0.0476. The van der Waals surface area contributed by atoms with Crippen LogP contribution < -0.4 is 5.32 Å². The Balaban J connectivity index is 1.28. The third-order valence-corrected chi connectivity index (χ3v) is 7.55. The summed E-state index contributed by atoms with van der Waals surface area (Å²) < 4.78 is 1.69. The van der Waals surface area contributed by atoms with Crippen LogP contribution in [-0.4, -0.2) is 36.9 Å². The van der Waals surface area contributed by atoms with Crippen LogP contribution in [0.2, 0.25) is 0 Å². The minimum Gasteiger partial charge on any atom is -0.350 e. The Kier molecular flexibility index (Phi) is 4.22. The van der Waals surface area contributed by atoms with Gasteiger partial charge in [-0.15, -0.1) is 5.10 Å². The Morgan fingerprint density at radius 2 is 1.78 bits per heavy atom. The first kappa shape index (κ1) is 17.2. The molecule has 27 heavy (non-hydrogen) atoms. The van der Waals surface area contributed by atoms with E-state index in [1.807, 2.05) is 37.3 Å². The number of para-hydroxylation sites is 1. The van der Waals surface area contributed by atoms with Gasteiger partial charge in [-0.25, -0.2) is 0 Å². The zero-order valence-corrected chi connectivity index (χ0v) is 16.4. The van der Waals surface area contributed by atoms with E-state index in [9.17, 15) is 4.79 Å². The lowest BCUT2D eigenvalue weighted by molar-refractivity contribution is -0.126. The fraction of sp³-hybridized carbons (Fsp3) is 0.600. The molecule has 4 saturated carbocycles.